The van der Waals surface area contributed by atoms with Crippen LogP contribution in [0.2, 0.25) is 0 Å². The third-order valence-corrected chi connectivity index (χ3v) is 2.90. The van der Waals surface area contributed by atoms with E-state index in [1.165, 1.54) is 0 Å². The predicted molar refractivity (Wildman–Crippen MR) is 77.5 cm³/mol. The Morgan fingerprint density at radius 1 is 1.05 bits per heavy atom. The minimum absolute atomic E-state index is 0.219. The van der Waals surface area contributed by atoms with Crippen molar-refractivity contribution in [1.82, 2.24) is 4.98 Å². The van der Waals surface area contributed by atoms with Crippen LogP contribution in [0.1, 0.15) is 0 Å². The summed E-state index contributed by atoms with van der Waals surface area (Å²) < 4.78 is 0. The van der Waals surface area contributed by atoms with E-state index in [2.05, 4.69) is 10.3 Å². The van der Waals surface area contributed by atoms with Crippen LogP contribution in [0.25, 0.3) is 10.8 Å². The summed E-state index contributed by atoms with van der Waals surface area (Å²) in [6, 6.07) is 14.6. The van der Waals surface area contributed by atoms with E-state index in [0.29, 0.717) is 11.5 Å². The Morgan fingerprint density at radius 2 is 1.95 bits per heavy atom. The molecule has 1 heterocycles. The van der Waals surface area contributed by atoms with Gasteiger partial charge in [0.1, 0.15) is 11.6 Å². The molecule has 0 atom stereocenters. The van der Waals surface area contributed by atoms with E-state index in [1.54, 1.807) is 18.3 Å². The molecule has 2 aromatic carbocycles. The fourth-order valence-electron chi connectivity index (χ4n) is 2.01. The average Bonchev–Trinajstić information content (AvgIpc) is 2.39. The summed E-state index contributed by atoms with van der Waals surface area (Å²) in [4.78, 5) is 4.31. The van der Waals surface area contributed by atoms with Gasteiger partial charge < -0.3 is 16.2 Å². The molecule has 4 heteroatoms. The Balaban J connectivity index is 2.07. The predicted octanol–water partition coefficient (Wildman–Crippen LogP) is 3.27. The van der Waals surface area contributed by atoms with Gasteiger partial charge in [0.05, 0.1) is 0 Å². The zero-order valence-corrected chi connectivity index (χ0v) is 10.2. The number of rotatable bonds is 2. The first-order valence-electron chi connectivity index (χ1n) is 5.93. The van der Waals surface area contributed by atoms with E-state index in [9.17, 15) is 5.11 Å². The van der Waals surface area contributed by atoms with Gasteiger partial charge in [-0.25, -0.2) is 4.98 Å². The summed E-state index contributed by atoms with van der Waals surface area (Å²) in [5.74, 6) is 0.912. The van der Waals surface area contributed by atoms with Crippen LogP contribution in [0, 0.1) is 0 Å². The van der Waals surface area contributed by atoms with Gasteiger partial charge in [0, 0.05) is 23.0 Å². The lowest BCUT2D eigenvalue weighted by Gasteiger charge is -2.09. The third-order valence-electron chi connectivity index (χ3n) is 2.90. The highest BCUT2D eigenvalue weighted by Crippen LogP contribution is 2.27. The van der Waals surface area contributed by atoms with Gasteiger partial charge in [-0.3, -0.25) is 0 Å². The highest BCUT2D eigenvalue weighted by atomic mass is 16.3. The number of nitrogens with two attached hydrogens (primary N) is 1. The van der Waals surface area contributed by atoms with Gasteiger partial charge in [0.2, 0.25) is 0 Å². The van der Waals surface area contributed by atoms with E-state index in [1.807, 2.05) is 36.4 Å². The van der Waals surface area contributed by atoms with Crippen molar-refractivity contribution >= 4 is 28.0 Å². The van der Waals surface area contributed by atoms with Crippen molar-refractivity contribution in [3.05, 3.63) is 54.7 Å². The van der Waals surface area contributed by atoms with Crippen molar-refractivity contribution in [2.45, 2.75) is 0 Å². The minimum atomic E-state index is 0.219. The van der Waals surface area contributed by atoms with Crippen molar-refractivity contribution in [1.29, 1.82) is 0 Å². The standard InChI is InChI=1S/C15H13N3O/c16-11-2-1-3-12(8-11)18-15-14-9-13(19)5-4-10(14)6-7-17-15/h1-9,19H,16H2,(H,17,18). The number of nitrogens with zero attached hydrogens (tertiary/aromatic N) is 1. The first kappa shape index (κ1) is 11.3. The monoisotopic (exact) mass is 251 g/mol. The molecule has 0 unspecified atom stereocenters. The van der Waals surface area contributed by atoms with Gasteiger partial charge in [-0.2, -0.15) is 0 Å². The molecule has 0 aliphatic heterocycles. The number of anilines is 3. The molecule has 0 fully saturated rings. The van der Waals surface area contributed by atoms with Crippen LogP contribution in [-0.2, 0) is 0 Å². The second-order valence-electron chi connectivity index (χ2n) is 4.32. The summed E-state index contributed by atoms with van der Waals surface area (Å²) in [5, 5.41) is 14.7. The molecule has 0 spiro atoms. The summed E-state index contributed by atoms with van der Waals surface area (Å²) in [7, 11) is 0. The third kappa shape index (κ3) is 2.28. The largest absolute Gasteiger partial charge is 0.508 e. The number of aromatic hydroxyl groups is 1. The summed E-state index contributed by atoms with van der Waals surface area (Å²) >= 11 is 0. The second-order valence-corrected chi connectivity index (χ2v) is 4.32. The van der Waals surface area contributed by atoms with Crippen molar-refractivity contribution in [2.75, 3.05) is 11.1 Å². The Kier molecular flexibility index (Phi) is 2.68. The summed E-state index contributed by atoms with van der Waals surface area (Å²) in [6.45, 7) is 0. The van der Waals surface area contributed by atoms with Crippen LogP contribution >= 0.6 is 0 Å². The molecule has 4 nitrogen and oxygen atoms in total. The molecule has 3 rings (SSSR count). The molecule has 94 valence electrons. The van der Waals surface area contributed by atoms with Gasteiger partial charge in [-0.1, -0.05) is 12.1 Å². The number of nitrogens with one attached hydrogen (secondary N) is 1. The highest BCUT2D eigenvalue weighted by Gasteiger charge is 2.04. The zero-order valence-electron chi connectivity index (χ0n) is 10.2. The molecule has 4 N–H and O–H groups in total. The molecule has 0 amide bonds. The molecular formula is C15H13N3O. The van der Waals surface area contributed by atoms with Crippen LogP contribution < -0.4 is 11.1 Å². The van der Waals surface area contributed by atoms with Crippen LogP contribution in [0.15, 0.2) is 54.7 Å². The molecule has 19 heavy (non-hydrogen) atoms. The number of hydrogen-bond donors (Lipinski definition) is 3. The number of hydrogen-bond acceptors (Lipinski definition) is 4. The zero-order chi connectivity index (χ0) is 13.2. The van der Waals surface area contributed by atoms with Crippen molar-refractivity contribution in [2.24, 2.45) is 0 Å². The first-order valence-corrected chi connectivity index (χ1v) is 5.93. The fraction of sp³-hybridized carbons (Fsp3) is 0. The highest BCUT2D eigenvalue weighted by molar-refractivity contribution is 5.94. The van der Waals surface area contributed by atoms with Gasteiger partial charge >= 0.3 is 0 Å². The second kappa shape index (κ2) is 4.49. The van der Waals surface area contributed by atoms with Crippen molar-refractivity contribution in [3.63, 3.8) is 0 Å². The maximum Gasteiger partial charge on any atom is 0.138 e. The maximum atomic E-state index is 9.59. The van der Waals surface area contributed by atoms with E-state index < -0.39 is 0 Å². The topological polar surface area (TPSA) is 71.2 Å². The summed E-state index contributed by atoms with van der Waals surface area (Å²) in [6.07, 6.45) is 1.73. The van der Waals surface area contributed by atoms with Gasteiger partial charge in [0.15, 0.2) is 0 Å². The lowest BCUT2D eigenvalue weighted by Crippen LogP contribution is -1.95. The van der Waals surface area contributed by atoms with E-state index in [-0.39, 0.29) is 5.75 Å². The van der Waals surface area contributed by atoms with Crippen LogP contribution in [0.4, 0.5) is 17.2 Å². The van der Waals surface area contributed by atoms with Gasteiger partial charge in [-0.05, 0) is 41.8 Å². The Morgan fingerprint density at radius 3 is 2.79 bits per heavy atom. The van der Waals surface area contributed by atoms with Crippen LogP contribution in [0.5, 0.6) is 5.75 Å². The number of aromatic nitrogens is 1. The molecule has 0 saturated carbocycles. The molecule has 0 aliphatic carbocycles. The lowest BCUT2D eigenvalue weighted by atomic mass is 10.1. The number of fused-ring (bicyclic) bond motifs is 1. The molecule has 0 aliphatic rings. The number of nitrogen functional groups attached to an aromatic ring is 1. The van der Waals surface area contributed by atoms with Crippen molar-refractivity contribution in [3.8, 4) is 5.75 Å². The molecule has 0 saturated heterocycles. The number of phenolic OH excluding ortho intramolecular Hbond substituents is 1. The average molecular weight is 251 g/mol. The van der Waals surface area contributed by atoms with Crippen LogP contribution in [0.3, 0.4) is 0 Å². The first-order chi connectivity index (χ1) is 9.22. The SMILES string of the molecule is Nc1cccc(Nc2nccc3ccc(O)cc23)c1. The summed E-state index contributed by atoms with van der Waals surface area (Å²) in [5.41, 5.74) is 7.30. The number of pyridine rings is 1. The smallest absolute Gasteiger partial charge is 0.138 e. The molecule has 1 aromatic heterocycles. The Hall–Kier alpha value is -2.75. The minimum Gasteiger partial charge on any atom is -0.508 e. The normalized spacial score (nSPS) is 10.5. The quantitative estimate of drug-likeness (QED) is 0.611. The molecule has 0 bridgehead atoms. The molecular weight excluding hydrogens is 238 g/mol. The van der Waals surface area contributed by atoms with Gasteiger partial charge in [-0.15, -0.1) is 0 Å². The molecule has 0 radical (unpaired) electrons. The van der Waals surface area contributed by atoms with E-state index in [4.69, 9.17) is 5.73 Å². The van der Waals surface area contributed by atoms with E-state index in [0.717, 1.165) is 16.5 Å². The Labute approximate surface area is 110 Å². The lowest BCUT2D eigenvalue weighted by molar-refractivity contribution is 0.476. The van der Waals surface area contributed by atoms with E-state index >= 15 is 0 Å². The number of phenols is 1. The number of benzene rings is 2. The fourth-order valence-corrected chi connectivity index (χ4v) is 2.01. The maximum absolute atomic E-state index is 9.59. The van der Waals surface area contributed by atoms with Gasteiger partial charge in [0.25, 0.3) is 0 Å². The Bertz CT molecular complexity index is 740. The van der Waals surface area contributed by atoms with Crippen molar-refractivity contribution < 1.29 is 5.11 Å². The van der Waals surface area contributed by atoms with Crippen LogP contribution in [-0.4, -0.2) is 10.1 Å². The molecule has 3 aromatic rings.